The predicted octanol–water partition coefficient (Wildman–Crippen LogP) is 7.77. The van der Waals surface area contributed by atoms with E-state index >= 15 is 0 Å². The highest BCUT2D eigenvalue weighted by Gasteiger charge is 2.49. The molecule has 16 heteroatoms. The normalized spacial score (nSPS) is 11.5. The van der Waals surface area contributed by atoms with Crippen LogP contribution in [0.25, 0.3) is 11.1 Å². The van der Waals surface area contributed by atoms with Crippen molar-refractivity contribution in [2.24, 2.45) is 0 Å². The van der Waals surface area contributed by atoms with Gasteiger partial charge in [-0.2, -0.15) is 26.3 Å². The lowest BCUT2D eigenvalue weighted by atomic mass is 9.93. The standard InChI is InChI=1S/C30H16F6O10/c31-29(32,33)22-16(13-6-2-1-3-7-13)12-19(45-17-10-4-8-14(25(37)38)20(17)27(41)42)24(23(22)30(34,35)36)46-18-11-5-9-15(26(39)40)21(18)28(43)44/h1-12H,(H,37,38)(H,39,40)(H,41,42)(H,43,44). The molecule has 0 radical (unpaired) electrons. The topological polar surface area (TPSA) is 168 Å². The quantitative estimate of drug-likeness (QED) is 0.131. The molecule has 0 saturated carbocycles. The van der Waals surface area contributed by atoms with Crippen LogP contribution in [-0.2, 0) is 12.4 Å². The Morgan fingerprint density at radius 3 is 1.39 bits per heavy atom. The van der Waals surface area contributed by atoms with Crippen molar-refractivity contribution in [3.63, 3.8) is 0 Å². The predicted molar refractivity (Wildman–Crippen MR) is 143 cm³/mol. The molecule has 0 spiro atoms. The maximum Gasteiger partial charge on any atom is 0.420 e. The van der Waals surface area contributed by atoms with E-state index in [0.29, 0.717) is 12.1 Å². The summed E-state index contributed by atoms with van der Waals surface area (Å²) >= 11 is 0. The zero-order valence-electron chi connectivity index (χ0n) is 22.4. The Hall–Kier alpha value is -6.06. The van der Waals surface area contributed by atoms with Crippen molar-refractivity contribution >= 4 is 23.9 Å². The molecule has 4 N–H and O–H groups in total. The van der Waals surface area contributed by atoms with Crippen molar-refractivity contribution in [2.75, 3.05) is 0 Å². The number of carboxylic acid groups (broad SMARTS) is 4. The molecular weight excluding hydrogens is 634 g/mol. The van der Waals surface area contributed by atoms with Crippen molar-refractivity contribution in [3.05, 3.63) is 106 Å². The minimum atomic E-state index is -5.94. The summed E-state index contributed by atoms with van der Waals surface area (Å²) in [5.41, 5.74) is -10.7. The first-order valence-corrected chi connectivity index (χ1v) is 12.4. The number of halogens is 6. The van der Waals surface area contributed by atoms with Gasteiger partial charge in [-0.25, -0.2) is 19.2 Å². The van der Waals surface area contributed by atoms with Crippen LogP contribution in [0.2, 0.25) is 0 Å². The SMILES string of the molecule is O=C(O)c1cccc(Oc2cc(-c3ccccc3)c(C(F)(F)F)c(C(F)(F)F)c2Oc2cccc(C(=O)O)c2C(=O)O)c1C(=O)O. The van der Waals surface area contributed by atoms with Gasteiger partial charge in [0.05, 0.1) is 16.7 Å². The third-order valence-electron chi connectivity index (χ3n) is 6.27. The zero-order chi connectivity index (χ0) is 34.1. The van der Waals surface area contributed by atoms with Crippen molar-refractivity contribution in [1.82, 2.24) is 0 Å². The lowest BCUT2D eigenvalue weighted by Crippen LogP contribution is -2.20. The number of alkyl halides is 6. The largest absolute Gasteiger partial charge is 0.478 e. The van der Waals surface area contributed by atoms with Crippen LogP contribution in [0.3, 0.4) is 0 Å². The van der Waals surface area contributed by atoms with Gasteiger partial charge in [0, 0.05) is 0 Å². The van der Waals surface area contributed by atoms with Crippen LogP contribution < -0.4 is 9.47 Å². The minimum Gasteiger partial charge on any atom is -0.478 e. The number of hydrogen-bond acceptors (Lipinski definition) is 6. The molecule has 0 atom stereocenters. The van der Waals surface area contributed by atoms with Crippen LogP contribution in [0.4, 0.5) is 26.3 Å². The van der Waals surface area contributed by atoms with Gasteiger partial charge in [-0.3, -0.25) is 0 Å². The molecule has 0 fully saturated rings. The maximum atomic E-state index is 14.8. The van der Waals surface area contributed by atoms with Gasteiger partial charge in [-0.15, -0.1) is 0 Å². The molecule has 0 saturated heterocycles. The van der Waals surface area contributed by atoms with Gasteiger partial charge < -0.3 is 29.9 Å². The molecule has 46 heavy (non-hydrogen) atoms. The Bertz CT molecular complexity index is 1880. The molecule has 238 valence electrons. The third-order valence-corrected chi connectivity index (χ3v) is 6.27. The highest BCUT2D eigenvalue weighted by Crippen LogP contribution is 2.54. The Kier molecular flexibility index (Phi) is 8.67. The van der Waals surface area contributed by atoms with E-state index in [1.165, 1.54) is 18.2 Å². The molecule has 10 nitrogen and oxygen atoms in total. The Balaban J connectivity index is 2.20. The van der Waals surface area contributed by atoms with Crippen molar-refractivity contribution < 1.29 is 75.4 Å². The average molecular weight is 650 g/mol. The van der Waals surface area contributed by atoms with E-state index in [4.69, 9.17) is 9.47 Å². The smallest absolute Gasteiger partial charge is 0.420 e. The van der Waals surface area contributed by atoms with E-state index in [2.05, 4.69) is 0 Å². The highest BCUT2D eigenvalue weighted by molar-refractivity contribution is 6.04. The Morgan fingerprint density at radius 1 is 0.522 bits per heavy atom. The number of carbonyl (C=O) groups is 4. The van der Waals surface area contributed by atoms with Crippen LogP contribution in [0, 0.1) is 0 Å². The van der Waals surface area contributed by atoms with Gasteiger partial charge >= 0.3 is 36.2 Å². The highest BCUT2D eigenvalue weighted by atomic mass is 19.4. The van der Waals surface area contributed by atoms with Gasteiger partial charge in [0.2, 0.25) is 0 Å². The molecule has 4 aromatic carbocycles. The van der Waals surface area contributed by atoms with Gasteiger partial charge in [-0.05, 0) is 41.5 Å². The van der Waals surface area contributed by atoms with Crippen LogP contribution in [0.15, 0.2) is 72.8 Å². The van der Waals surface area contributed by atoms with Gasteiger partial charge in [0.25, 0.3) is 0 Å². The Morgan fingerprint density at radius 2 is 0.978 bits per heavy atom. The lowest BCUT2D eigenvalue weighted by molar-refractivity contribution is -0.162. The summed E-state index contributed by atoms with van der Waals surface area (Å²) in [6, 6.07) is 11.1. The first-order chi connectivity index (χ1) is 21.4. The molecule has 0 aliphatic rings. The number of ether oxygens (including phenoxy) is 2. The summed E-state index contributed by atoms with van der Waals surface area (Å²) in [6.45, 7) is 0. The molecule has 0 aromatic heterocycles. The first kappa shape index (κ1) is 32.8. The van der Waals surface area contributed by atoms with Crippen molar-refractivity contribution in [2.45, 2.75) is 12.4 Å². The third kappa shape index (κ3) is 6.40. The van der Waals surface area contributed by atoms with E-state index in [0.717, 1.165) is 42.5 Å². The van der Waals surface area contributed by atoms with Crippen molar-refractivity contribution in [3.8, 4) is 34.1 Å². The summed E-state index contributed by atoms with van der Waals surface area (Å²) in [5.74, 6) is -12.8. The lowest BCUT2D eigenvalue weighted by Gasteiger charge is -2.25. The molecule has 0 bridgehead atoms. The number of rotatable bonds is 9. The fraction of sp³-hybridized carbons (Fsp3) is 0.0667. The van der Waals surface area contributed by atoms with Crippen LogP contribution in [0.1, 0.15) is 52.6 Å². The van der Waals surface area contributed by atoms with E-state index in [-0.39, 0.29) is 0 Å². The van der Waals surface area contributed by atoms with E-state index in [9.17, 15) is 65.9 Å². The fourth-order valence-electron chi connectivity index (χ4n) is 4.49. The maximum absolute atomic E-state index is 14.8. The molecule has 0 amide bonds. The second-order valence-electron chi connectivity index (χ2n) is 9.15. The molecule has 4 rings (SSSR count). The van der Waals surface area contributed by atoms with Gasteiger partial charge in [0.15, 0.2) is 11.5 Å². The van der Waals surface area contributed by atoms with Crippen LogP contribution in [-0.4, -0.2) is 44.3 Å². The molecule has 0 aliphatic heterocycles. The van der Waals surface area contributed by atoms with E-state index in [1.54, 1.807) is 0 Å². The summed E-state index contributed by atoms with van der Waals surface area (Å²) in [4.78, 5) is 47.3. The fourth-order valence-corrected chi connectivity index (χ4v) is 4.49. The average Bonchev–Trinajstić information content (AvgIpc) is 2.96. The first-order valence-electron chi connectivity index (χ1n) is 12.4. The second kappa shape index (κ2) is 12.1. The van der Waals surface area contributed by atoms with Gasteiger partial charge in [-0.1, -0.05) is 42.5 Å². The summed E-state index contributed by atoms with van der Waals surface area (Å²) < 4.78 is 98.7. The number of hydrogen-bond donors (Lipinski definition) is 4. The van der Waals surface area contributed by atoms with Gasteiger partial charge in [0.1, 0.15) is 28.2 Å². The van der Waals surface area contributed by atoms with Crippen LogP contribution in [0.5, 0.6) is 23.0 Å². The molecule has 4 aromatic rings. The van der Waals surface area contributed by atoms with Crippen LogP contribution >= 0.6 is 0 Å². The Labute approximate surface area is 252 Å². The summed E-state index contributed by atoms with van der Waals surface area (Å²) in [6.07, 6.45) is -11.7. The molecule has 0 heterocycles. The van der Waals surface area contributed by atoms with Crippen molar-refractivity contribution in [1.29, 1.82) is 0 Å². The number of carboxylic acids is 4. The number of benzene rings is 4. The van der Waals surface area contributed by atoms with E-state index < -0.39 is 104 Å². The minimum absolute atomic E-state index is 0.420. The molecular formula is C30H16F6O10. The zero-order valence-corrected chi connectivity index (χ0v) is 22.4. The molecule has 0 aliphatic carbocycles. The monoisotopic (exact) mass is 650 g/mol. The van der Waals surface area contributed by atoms with E-state index in [1.807, 2.05) is 0 Å². The summed E-state index contributed by atoms with van der Waals surface area (Å²) in [7, 11) is 0. The molecule has 0 unspecified atom stereocenters. The number of aromatic carboxylic acids is 4. The summed E-state index contributed by atoms with van der Waals surface area (Å²) in [5, 5.41) is 38.3. The second-order valence-corrected chi connectivity index (χ2v) is 9.15.